The van der Waals surface area contributed by atoms with Gasteiger partial charge in [-0.25, -0.2) is 0 Å². The van der Waals surface area contributed by atoms with E-state index in [1.807, 2.05) is 12.1 Å². The van der Waals surface area contributed by atoms with Crippen LogP contribution in [0.5, 0.6) is 5.75 Å². The molecule has 1 aromatic carbocycles. The van der Waals surface area contributed by atoms with E-state index in [2.05, 4.69) is 20.6 Å². The standard InChI is InChI=1S/C20H18N4O3/c1-27-17-4-2-3-16(12-17)24-19(25)15-7-10-22-18(11-15)20(26)23-13-14-5-8-21-9-6-14/h2-12H,13H2,1H3,(H,23,26)(H,24,25). The number of anilines is 1. The molecule has 0 aliphatic heterocycles. The molecule has 2 amide bonds. The first-order valence-electron chi connectivity index (χ1n) is 8.24. The first-order chi connectivity index (χ1) is 13.2. The summed E-state index contributed by atoms with van der Waals surface area (Å²) >= 11 is 0. The Kier molecular flexibility index (Phi) is 5.73. The van der Waals surface area contributed by atoms with Gasteiger partial charge in [0.2, 0.25) is 0 Å². The molecule has 0 bridgehead atoms. The molecule has 0 atom stereocenters. The van der Waals surface area contributed by atoms with Crippen molar-refractivity contribution in [3.05, 3.63) is 83.9 Å². The molecule has 2 aromatic heterocycles. The number of methoxy groups -OCH3 is 1. The van der Waals surface area contributed by atoms with Gasteiger partial charge in [-0.3, -0.25) is 19.6 Å². The number of amides is 2. The van der Waals surface area contributed by atoms with Gasteiger partial charge in [-0.05, 0) is 42.0 Å². The highest BCUT2D eigenvalue weighted by Crippen LogP contribution is 2.17. The monoisotopic (exact) mass is 362 g/mol. The van der Waals surface area contributed by atoms with Crippen LogP contribution in [0.25, 0.3) is 0 Å². The Balaban J connectivity index is 1.66. The molecule has 3 rings (SSSR count). The van der Waals surface area contributed by atoms with Crippen LogP contribution in [0.15, 0.2) is 67.1 Å². The molecule has 136 valence electrons. The Morgan fingerprint density at radius 2 is 1.81 bits per heavy atom. The average molecular weight is 362 g/mol. The van der Waals surface area contributed by atoms with Gasteiger partial charge < -0.3 is 15.4 Å². The van der Waals surface area contributed by atoms with E-state index in [0.717, 1.165) is 5.56 Å². The second kappa shape index (κ2) is 8.57. The summed E-state index contributed by atoms with van der Waals surface area (Å²) in [5.74, 6) is -0.0598. The molecule has 0 unspecified atom stereocenters. The van der Waals surface area contributed by atoms with E-state index in [-0.39, 0.29) is 17.5 Å². The summed E-state index contributed by atoms with van der Waals surface area (Å²) in [5.41, 5.74) is 2.02. The Morgan fingerprint density at radius 1 is 1.00 bits per heavy atom. The number of hydrogen-bond acceptors (Lipinski definition) is 5. The first kappa shape index (κ1) is 18.1. The molecule has 0 radical (unpaired) electrons. The van der Waals surface area contributed by atoms with E-state index < -0.39 is 0 Å². The molecule has 2 N–H and O–H groups in total. The largest absolute Gasteiger partial charge is 0.497 e. The summed E-state index contributed by atoms with van der Waals surface area (Å²) in [7, 11) is 1.56. The maximum atomic E-state index is 12.4. The third kappa shape index (κ3) is 4.88. The van der Waals surface area contributed by atoms with Crippen LogP contribution >= 0.6 is 0 Å². The quantitative estimate of drug-likeness (QED) is 0.703. The van der Waals surface area contributed by atoms with E-state index >= 15 is 0 Å². The maximum Gasteiger partial charge on any atom is 0.270 e. The van der Waals surface area contributed by atoms with Crippen molar-refractivity contribution in [3.63, 3.8) is 0 Å². The lowest BCUT2D eigenvalue weighted by atomic mass is 10.2. The molecule has 0 aliphatic carbocycles. The highest BCUT2D eigenvalue weighted by atomic mass is 16.5. The summed E-state index contributed by atoms with van der Waals surface area (Å²) < 4.78 is 5.14. The fourth-order valence-corrected chi connectivity index (χ4v) is 2.37. The predicted molar refractivity (Wildman–Crippen MR) is 101 cm³/mol. The molecule has 0 fully saturated rings. The van der Waals surface area contributed by atoms with Gasteiger partial charge in [-0.2, -0.15) is 0 Å². The van der Waals surface area contributed by atoms with Crippen molar-refractivity contribution in [3.8, 4) is 5.75 Å². The van der Waals surface area contributed by atoms with Crippen LogP contribution < -0.4 is 15.4 Å². The molecule has 3 aromatic rings. The minimum atomic E-state index is -0.358. The van der Waals surface area contributed by atoms with Crippen molar-refractivity contribution in [2.75, 3.05) is 12.4 Å². The molecule has 2 heterocycles. The predicted octanol–water partition coefficient (Wildman–Crippen LogP) is 2.67. The van der Waals surface area contributed by atoms with Crippen LogP contribution in [0.4, 0.5) is 5.69 Å². The SMILES string of the molecule is COc1cccc(NC(=O)c2ccnc(C(=O)NCc3ccncc3)c2)c1. The van der Waals surface area contributed by atoms with Crippen molar-refractivity contribution in [1.29, 1.82) is 0 Å². The topological polar surface area (TPSA) is 93.2 Å². The zero-order valence-corrected chi connectivity index (χ0v) is 14.7. The first-order valence-corrected chi connectivity index (χ1v) is 8.24. The molecule has 7 nitrogen and oxygen atoms in total. The number of carbonyl (C=O) groups excluding carboxylic acids is 2. The van der Waals surface area contributed by atoms with Gasteiger partial charge in [0.1, 0.15) is 11.4 Å². The van der Waals surface area contributed by atoms with Crippen LogP contribution in [-0.2, 0) is 6.54 Å². The average Bonchev–Trinajstić information content (AvgIpc) is 2.73. The molecule has 7 heteroatoms. The number of ether oxygens (including phenoxy) is 1. The van der Waals surface area contributed by atoms with Gasteiger partial charge in [0.25, 0.3) is 11.8 Å². The smallest absolute Gasteiger partial charge is 0.270 e. The fraction of sp³-hybridized carbons (Fsp3) is 0.100. The zero-order valence-electron chi connectivity index (χ0n) is 14.7. The van der Waals surface area contributed by atoms with Gasteiger partial charge in [0.05, 0.1) is 7.11 Å². The van der Waals surface area contributed by atoms with E-state index in [4.69, 9.17) is 4.74 Å². The lowest BCUT2D eigenvalue weighted by Gasteiger charge is -2.08. The van der Waals surface area contributed by atoms with E-state index in [1.54, 1.807) is 49.8 Å². The summed E-state index contributed by atoms with van der Waals surface area (Å²) in [6, 6.07) is 13.7. The van der Waals surface area contributed by atoms with Crippen LogP contribution in [0.3, 0.4) is 0 Å². The van der Waals surface area contributed by atoms with Gasteiger partial charge >= 0.3 is 0 Å². The molecule has 0 saturated heterocycles. The van der Waals surface area contributed by atoms with Crippen molar-refractivity contribution in [1.82, 2.24) is 15.3 Å². The number of benzene rings is 1. The third-order valence-corrected chi connectivity index (χ3v) is 3.78. The Morgan fingerprint density at radius 3 is 2.59 bits per heavy atom. The fourth-order valence-electron chi connectivity index (χ4n) is 2.37. The van der Waals surface area contributed by atoms with Gasteiger partial charge in [0.15, 0.2) is 0 Å². The number of nitrogens with zero attached hydrogens (tertiary/aromatic N) is 2. The normalized spacial score (nSPS) is 10.1. The van der Waals surface area contributed by atoms with Gasteiger partial charge in [0, 0.05) is 42.5 Å². The number of pyridine rings is 2. The highest BCUT2D eigenvalue weighted by molar-refractivity contribution is 6.05. The number of carbonyl (C=O) groups is 2. The van der Waals surface area contributed by atoms with Gasteiger partial charge in [-0.15, -0.1) is 0 Å². The molecule has 0 aliphatic rings. The number of hydrogen-bond donors (Lipinski definition) is 2. The molecule has 0 saturated carbocycles. The molecule has 27 heavy (non-hydrogen) atoms. The zero-order chi connectivity index (χ0) is 19.1. The third-order valence-electron chi connectivity index (χ3n) is 3.78. The van der Waals surface area contributed by atoms with Crippen LogP contribution in [0.1, 0.15) is 26.4 Å². The van der Waals surface area contributed by atoms with Crippen molar-refractivity contribution in [2.24, 2.45) is 0 Å². The molecule has 0 spiro atoms. The van der Waals surface area contributed by atoms with E-state index in [9.17, 15) is 9.59 Å². The number of aromatic nitrogens is 2. The van der Waals surface area contributed by atoms with Crippen LogP contribution in [0, 0.1) is 0 Å². The summed E-state index contributed by atoms with van der Waals surface area (Å²) in [6.07, 6.45) is 4.74. The lowest BCUT2D eigenvalue weighted by molar-refractivity contribution is 0.0946. The van der Waals surface area contributed by atoms with E-state index in [0.29, 0.717) is 23.5 Å². The molecular formula is C20H18N4O3. The summed E-state index contributed by atoms with van der Waals surface area (Å²) in [5, 5.41) is 5.54. The van der Waals surface area contributed by atoms with Crippen LogP contribution in [-0.4, -0.2) is 28.9 Å². The summed E-state index contributed by atoms with van der Waals surface area (Å²) in [4.78, 5) is 32.7. The van der Waals surface area contributed by atoms with Crippen molar-refractivity contribution >= 4 is 17.5 Å². The Hall–Kier alpha value is -3.74. The second-order valence-electron chi connectivity index (χ2n) is 5.65. The van der Waals surface area contributed by atoms with Crippen molar-refractivity contribution in [2.45, 2.75) is 6.54 Å². The molecular weight excluding hydrogens is 344 g/mol. The summed E-state index contributed by atoms with van der Waals surface area (Å²) in [6.45, 7) is 0.350. The number of nitrogens with one attached hydrogen (secondary N) is 2. The minimum absolute atomic E-state index is 0.169. The van der Waals surface area contributed by atoms with Gasteiger partial charge in [-0.1, -0.05) is 6.07 Å². The van der Waals surface area contributed by atoms with Crippen LogP contribution in [0.2, 0.25) is 0 Å². The highest BCUT2D eigenvalue weighted by Gasteiger charge is 2.12. The van der Waals surface area contributed by atoms with Crippen molar-refractivity contribution < 1.29 is 14.3 Å². The Labute approximate surface area is 156 Å². The Bertz CT molecular complexity index is 945. The second-order valence-corrected chi connectivity index (χ2v) is 5.65. The lowest BCUT2D eigenvalue weighted by Crippen LogP contribution is -2.24. The number of rotatable bonds is 6. The maximum absolute atomic E-state index is 12.4. The van der Waals surface area contributed by atoms with E-state index in [1.165, 1.54) is 12.3 Å². The minimum Gasteiger partial charge on any atom is -0.497 e.